The molecule has 2 rings (SSSR count). The van der Waals surface area contributed by atoms with Crippen LogP contribution in [-0.2, 0) is 13.0 Å². The third kappa shape index (κ3) is 2.93. The van der Waals surface area contributed by atoms with Gasteiger partial charge in [-0.3, -0.25) is 4.90 Å². The lowest BCUT2D eigenvalue weighted by atomic mass is 9.92. The zero-order chi connectivity index (χ0) is 13.0. The van der Waals surface area contributed by atoms with E-state index in [9.17, 15) is 0 Å². The molecule has 0 aromatic heterocycles. The van der Waals surface area contributed by atoms with Crippen LogP contribution in [0.15, 0.2) is 24.3 Å². The molecule has 0 spiro atoms. The highest BCUT2D eigenvalue weighted by Crippen LogP contribution is 2.24. The van der Waals surface area contributed by atoms with E-state index in [4.69, 9.17) is 5.73 Å². The number of hydrogen-bond acceptors (Lipinski definition) is 2. The molecule has 0 aliphatic carbocycles. The Labute approximate surface area is 111 Å². The minimum atomic E-state index is 0.540. The summed E-state index contributed by atoms with van der Waals surface area (Å²) in [6.07, 6.45) is 3.70. The van der Waals surface area contributed by atoms with E-state index in [1.807, 2.05) is 0 Å². The average Bonchev–Trinajstić information content (AvgIpc) is 2.40. The first-order chi connectivity index (χ1) is 8.76. The first-order valence-corrected chi connectivity index (χ1v) is 7.27. The van der Waals surface area contributed by atoms with Crippen LogP contribution in [-0.4, -0.2) is 24.0 Å². The molecule has 100 valence electrons. The zero-order valence-electron chi connectivity index (χ0n) is 11.7. The first kappa shape index (κ1) is 13.6. The van der Waals surface area contributed by atoms with Gasteiger partial charge in [0.1, 0.15) is 0 Å². The summed E-state index contributed by atoms with van der Waals surface area (Å²) < 4.78 is 0. The quantitative estimate of drug-likeness (QED) is 0.865. The van der Waals surface area contributed by atoms with Gasteiger partial charge in [0.25, 0.3) is 0 Å². The van der Waals surface area contributed by atoms with E-state index in [1.165, 1.54) is 30.4 Å². The SMILES string of the molecule is CCCC(C)C(CN)N1CCc2ccccc2C1. The molecule has 0 radical (unpaired) electrons. The number of fused-ring (bicyclic) bond motifs is 1. The highest BCUT2D eigenvalue weighted by molar-refractivity contribution is 5.29. The number of rotatable bonds is 5. The van der Waals surface area contributed by atoms with Crippen molar-refractivity contribution in [2.75, 3.05) is 13.1 Å². The van der Waals surface area contributed by atoms with Gasteiger partial charge in [-0.1, -0.05) is 44.5 Å². The van der Waals surface area contributed by atoms with E-state index >= 15 is 0 Å². The first-order valence-electron chi connectivity index (χ1n) is 7.27. The summed E-state index contributed by atoms with van der Waals surface area (Å²) in [6.45, 7) is 7.62. The second kappa shape index (κ2) is 6.35. The van der Waals surface area contributed by atoms with Crippen molar-refractivity contribution in [3.8, 4) is 0 Å². The van der Waals surface area contributed by atoms with E-state index in [0.717, 1.165) is 19.6 Å². The molecule has 0 saturated heterocycles. The van der Waals surface area contributed by atoms with Crippen molar-refractivity contribution in [3.05, 3.63) is 35.4 Å². The molecule has 1 aliphatic rings. The van der Waals surface area contributed by atoms with Crippen molar-refractivity contribution in [2.24, 2.45) is 11.7 Å². The predicted octanol–water partition coefficient (Wildman–Crippen LogP) is 2.81. The Morgan fingerprint density at radius 1 is 1.28 bits per heavy atom. The summed E-state index contributed by atoms with van der Waals surface area (Å²) in [7, 11) is 0. The third-order valence-electron chi connectivity index (χ3n) is 4.27. The van der Waals surface area contributed by atoms with Crippen molar-refractivity contribution in [2.45, 2.75) is 45.7 Å². The fourth-order valence-corrected chi connectivity index (χ4v) is 3.19. The molecular formula is C16H26N2. The minimum absolute atomic E-state index is 0.540. The van der Waals surface area contributed by atoms with Gasteiger partial charge < -0.3 is 5.73 Å². The monoisotopic (exact) mass is 246 g/mol. The molecule has 0 fully saturated rings. The van der Waals surface area contributed by atoms with Gasteiger partial charge in [0.15, 0.2) is 0 Å². The van der Waals surface area contributed by atoms with Gasteiger partial charge >= 0.3 is 0 Å². The second-order valence-electron chi connectivity index (χ2n) is 5.56. The van der Waals surface area contributed by atoms with Crippen LogP contribution in [0.1, 0.15) is 37.8 Å². The van der Waals surface area contributed by atoms with E-state index in [1.54, 1.807) is 0 Å². The molecule has 18 heavy (non-hydrogen) atoms. The molecule has 2 heteroatoms. The molecular weight excluding hydrogens is 220 g/mol. The van der Waals surface area contributed by atoms with Gasteiger partial charge in [-0.15, -0.1) is 0 Å². The highest BCUT2D eigenvalue weighted by atomic mass is 15.2. The Bertz CT molecular complexity index is 375. The van der Waals surface area contributed by atoms with E-state index in [0.29, 0.717) is 12.0 Å². The van der Waals surface area contributed by atoms with Crippen LogP contribution in [0.2, 0.25) is 0 Å². The van der Waals surface area contributed by atoms with Crippen LogP contribution >= 0.6 is 0 Å². The summed E-state index contributed by atoms with van der Waals surface area (Å²) in [4.78, 5) is 2.59. The van der Waals surface area contributed by atoms with E-state index in [2.05, 4.69) is 43.0 Å². The van der Waals surface area contributed by atoms with Crippen LogP contribution in [0.3, 0.4) is 0 Å². The molecule has 2 nitrogen and oxygen atoms in total. The maximum absolute atomic E-state index is 6.01. The fraction of sp³-hybridized carbons (Fsp3) is 0.625. The van der Waals surface area contributed by atoms with E-state index < -0.39 is 0 Å². The molecule has 2 unspecified atom stereocenters. The van der Waals surface area contributed by atoms with Crippen molar-refractivity contribution < 1.29 is 0 Å². The summed E-state index contributed by atoms with van der Waals surface area (Å²) in [6, 6.07) is 9.36. The smallest absolute Gasteiger partial charge is 0.0247 e. The molecule has 1 aliphatic heterocycles. The molecule has 0 saturated carbocycles. The molecule has 1 aromatic rings. The summed E-state index contributed by atoms with van der Waals surface area (Å²) in [5.74, 6) is 0.699. The maximum Gasteiger partial charge on any atom is 0.0247 e. The third-order valence-corrected chi connectivity index (χ3v) is 4.27. The Balaban J connectivity index is 2.06. The molecule has 2 N–H and O–H groups in total. The Morgan fingerprint density at radius 2 is 2.00 bits per heavy atom. The zero-order valence-corrected chi connectivity index (χ0v) is 11.7. The van der Waals surface area contributed by atoms with Crippen LogP contribution < -0.4 is 5.73 Å². The standard InChI is InChI=1S/C16H26N2/c1-3-6-13(2)16(11-17)18-10-9-14-7-4-5-8-15(14)12-18/h4-5,7-8,13,16H,3,6,9-12,17H2,1-2H3. The second-order valence-corrected chi connectivity index (χ2v) is 5.56. The largest absolute Gasteiger partial charge is 0.329 e. The summed E-state index contributed by atoms with van der Waals surface area (Å²) in [5, 5.41) is 0. The normalized spacial score (nSPS) is 19.3. The van der Waals surface area contributed by atoms with Crippen molar-refractivity contribution in [1.29, 1.82) is 0 Å². The Hall–Kier alpha value is -0.860. The summed E-state index contributed by atoms with van der Waals surface area (Å²) in [5.41, 5.74) is 9.03. The predicted molar refractivity (Wildman–Crippen MR) is 77.5 cm³/mol. The van der Waals surface area contributed by atoms with Crippen molar-refractivity contribution >= 4 is 0 Å². The lowest BCUT2D eigenvalue weighted by Gasteiger charge is -2.38. The Morgan fingerprint density at radius 3 is 2.67 bits per heavy atom. The molecule has 0 amide bonds. The van der Waals surface area contributed by atoms with Crippen molar-refractivity contribution in [3.63, 3.8) is 0 Å². The van der Waals surface area contributed by atoms with Crippen LogP contribution in [0.5, 0.6) is 0 Å². The molecule has 2 atom stereocenters. The fourth-order valence-electron chi connectivity index (χ4n) is 3.19. The number of benzene rings is 1. The van der Waals surface area contributed by atoms with Gasteiger partial charge in [-0.05, 0) is 29.9 Å². The summed E-state index contributed by atoms with van der Waals surface area (Å²) >= 11 is 0. The van der Waals surface area contributed by atoms with Gasteiger partial charge in [0, 0.05) is 25.7 Å². The maximum atomic E-state index is 6.01. The Kier molecular flexibility index (Phi) is 4.79. The number of nitrogens with two attached hydrogens (primary N) is 1. The van der Waals surface area contributed by atoms with Crippen LogP contribution in [0.25, 0.3) is 0 Å². The van der Waals surface area contributed by atoms with E-state index in [-0.39, 0.29) is 0 Å². The van der Waals surface area contributed by atoms with Gasteiger partial charge in [0.05, 0.1) is 0 Å². The van der Waals surface area contributed by atoms with Gasteiger partial charge in [0.2, 0.25) is 0 Å². The number of hydrogen-bond donors (Lipinski definition) is 1. The number of nitrogens with zero attached hydrogens (tertiary/aromatic N) is 1. The van der Waals surface area contributed by atoms with Crippen molar-refractivity contribution in [1.82, 2.24) is 4.90 Å². The lowest BCUT2D eigenvalue weighted by Crippen LogP contribution is -2.47. The van der Waals surface area contributed by atoms with Crippen LogP contribution in [0.4, 0.5) is 0 Å². The molecule has 0 bridgehead atoms. The minimum Gasteiger partial charge on any atom is -0.329 e. The molecule has 1 heterocycles. The van der Waals surface area contributed by atoms with Gasteiger partial charge in [-0.2, -0.15) is 0 Å². The topological polar surface area (TPSA) is 29.3 Å². The van der Waals surface area contributed by atoms with Gasteiger partial charge in [-0.25, -0.2) is 0 Å². The highest BCUT2D eigenvalue weighted by Gasteiger charge is 2.25. The lowest BCUT2D eigenvalue weighted by molar-refractivity contribution is 0.133. The average molecular weight is 246 g/mol. The molecule has 1 aromatic carbocycles. The van der Waals surface area contributed by atoms with Crippen LogP contribution in [0, 0.1) is 5.92 Å².